The summed E-state index contributed by atoms with van der Waals surface area (Å²) in [6.07, 6.45) is 0. The first-order valence-electron chi connectivity index (χ1n) is 12.1. The molecule has 0 atom stereocenters. The Hall–Kier alpha value is -4.39. The number of para-hydroxylation sites is 1. The number of nitrogens with zero attached hydrogens (tertiary/aromatic N) is 4. The van der Waals surface area contributed by atoms with E-state index in [2.05, 4.69) is 15.1 Å². The van der Waals surface area contributed by atoms with Crippen LogP contribution < -0.4 is 14.4 Å². The highest BCUT2D eigenvalue weighted by Crippen LogP contribution is 2.24. The highest BCUT2D eigenvalue weighted by Gasteiger charge is 2.23. The van der Waals surface area contributed by atoms with Gasteiger partial charge in [-0.05, 0) is 79.7 Å². The van der Waals surface area contributed by atoms with E-state index in [0.717, 1.165) is 28.6 Å². The van der Waals surface area contributed by atoms with Crippen molar-refractivity contribution >= 4 is 11.7 Å². The standard InChI is InChI=1S/C29H28N4O3/c1-2-35-24-12-8-22(9-13-24)27-16-17-28(31-30-27)32-18-20-33(21-19-32)29(34)23-10-14-26(15-11-23)36-25-6-4-3-5-7-25/h3-17H,2,18-21H2,1H3. The van der Waals surface area contributed by atoms with Gasteiger partial charge >= 0.3 is 0 Å². The predicted octanol–water partition coefficient (Wildman–Crippen LogP) is 5.30. The molecule has 0 unspecified atom stereocenters. The maximum atomic E-state index is 13.0. The lowest BCUT2D eigenvalue weighted by molar-refractivity contribution is 0.0746. The van der Waals surface area contributed by atoms with Gasteiger partial charge in [0.25, 0.3) is 5.91 Å². The topological polar surface area (TPSA) is 67.8 Å². The summed E-state index contributed by atoms with van der Waals surface area (Å²) in [5.74, 6) is 3.16. The Morgan fingerprint density at radius 2 is 1.42 bits per heavy atom. The maximum Gasteiger partial charge on any atom is 0.253 e. The number of anilines is 1. The van der Waals surface area contributed by atoms with Gasteiger partial charge in [0.05, 0.1) is 12.3 Å². The third-order valence-electron chi connectivity index (χ3n) is 6.08. The molecule has 1 amide bonds. The number of benzene rings is 3. The number of hydrogen-bond acceptors (Lipinski definition) is 6. The zero-order chi connectivity index (χ0) is 24.7. The van der Waals surface area contributed by atoms with E-state index >= 15 is 0 Å². The van der Waals surface area contributed by atoms with Crippen LogP contribution >= 0.6 is 0 Å². The van der Waals surface area contributed by atoms with Gasteiger partial charge in [0.1, 0.15) is 17.2 Å². The molecule has 1 aliphatic rings. The van der Waals surface area contributed by atoms with Crippen LogP contribution in [0, 0.1) is 0 Å². The minimum atomic E-state index is 0.0258. The fourth-order valence-corrected chi connectivity index (χ4v) is 4.15. The lowest BCUT2D eigenvalue weighted by Gasteiger charge is -2.35. The van der Waals surface area contributed by atoms with Crippen LogP contribution in [0.25, 0.3) is 11.3 Å². The zero-order valence-electron chi connectivity index (χ0n) is 20.2. The maximum absolute atomic E-state index is 13.0. The molecular formula is C29H28N4O3. The van der Waals surface area contributed by atoms with E-state index in [-0.39, 0.29) is 5.91 Å². The minimum absolute atomic E-state index is 0.0258. The van der Waals surface area contributed by atoms with Crippen molar-refractivity contribution in [3.63, 3.8) is 0 Å². The molecule has 1 saturated heterocycles. The number of piperazine rings is 1. The van der Waals surface area contributed by atoms with Crippen molar-refractivity contribution in [2.75, 3.05) is 37.7 Å². The van der Waals surface area contributed by atoms with Gasteiger partial charge in [0.15, 0.2) is 5.82 Å². The van der Waals surface area contributed by atoms with Crippen molar-refractivity contribution in [2.24, 2.45) is 0 Å². The van der Waals surface area contributed by atoms with E-state index in [9.17, 15) is 4.79 Å². The summed E-state index contributed by atoms with van der Waals surface area (Å²) in [6, 6.07) is 28.7. The lowest BCUT2D eigenvalue weighted by Crippen LogP contribution is -2.49. The quantitative estimate of drug-likeness (QED) is 0.358. The number of carbonyl (C=O) groups is 1. The summed E-state index contributed by atoms with van der Waals surface area (Å²) in [7, 11) is 0. The van der Waals surface area contributed by atoms with E-state index in [1.807, 2.05) is 103 Å². The molecule has 7 heteroatoms. The summed E-state index contributed by atoms with van der Waals surface area (Å²) in [5.41, 5.74) is 2.46. The van der Waals surface area contributed by atoms with E-state index < -0.39 is 0 Å². The summed E-state index contributed by atoms with van der Waals surface area (Å²) in [5, 5.41) is 8.85. The highest BCUT2D eigenvalue weighted by atomic mass is 16.5. The molecule has 4 aromatic rings. The number of carbonyl (C=O) groups excluding carboxylic acids is 1. The zero-order valence-corrected chi connectivity index (χ0v) is 20.2. The van der Waals surface area contributed by atoms with Crippen molar-refractivity contribution in [1.82, 2.24) is 15.1 Å². The molecule has 7 nitrogen and oxygen atoms in total. The molecule has 0 spiro atoms. The molecule has 1 aliphatic heterocycles. The normalized spacial score (nSPS) is 13.4. The van der Waals surface area contributed by atoms with Gasteiger partial charge in [-0.25, -0.2) is 0 Å². The van der Waals surface area contributed by atoms with Gasteiger partial charge in [0, 0.05) is 37.3 Å². The Labute approximate surface area is 210 Å². The van der Waals surface area contributed by atoms with Crippen molar-refractivity contribution in [1.29, 1.82) is 0 Å². The molecule has 36 heavy (non-hydrogen) atoms. The second-order valence-corrected chi connectivity index (χ2v) is 8.45. The Balaban J connectivity index is 1.15. The number of rotatable bonds is 7. The average Bonchev–Trinajstić information content (AvgIpc) is 2.94. The Kier molecular flexibility index (Phi) is 7.07. The van der Waals surface area contributed by atoms with Gasteiger partial charge in [-0.1, -0.05) is 18.2 Å². The van der Waals surface area contributed by atoms with E-state index in [4.69, 9.17) is 9.47 Å². The van der Waals surface area contributed by atoms with E-state index in [0.29, 0.717) is 44.1 Å². The first-order chi connectivity index (χ1) is 17.7. The highest BCUT2D eigenvalue weighted by molar-refractivity contribution is 5.94. The Morgan fingerprint density at radius 3 is 2.06 bits per heavy atom. The van der Waals surface area contributed by atoms with Crippen LogP contribution in [0.15, 0.2) is 91.0 Å². The summed E-state index contributed by atoms with van der Waals surface area (Å²) >= 11 is 0. The van der Waals surface area contributed by atoms with Gasteiger partial charge in [-0.2, -0.15) is 0 Å². The predicted molar refractivity (Wildman–Crippen MR) is 140 cm³/mol. The molecule has 0 bridgehead atoms. The lowest BCUT2D eigenvalue weighted by atomic mass is 10.1. The molecule has 1 fully saturated rings. The van der Waals surface area contributed by atoms with Crippen molar-refractivity contribution in [3.8, 4) is 28.5 Å². The summed E-state index contributed by atoms with van der Waals surface area (Å²) in [6.45, 7) is 5.28. The molecule has 5 rings (SSSR count). The first kappa shape index (κ1) is 23.4. The largest absolute Gasteiger partial charge is 0.494 e. The number of aromatic nitrogens is 2. The number of hydrogen-bond donors (Lipinski definition) is 0. The number of ether oxygens (including phenoxy) is 2. The van der Waals surface area contributed by atoms with Crippen LogP contribution in [0.1, 0.15) is 17.3 Å². The van der Waals surface area contributed by atoms with Crippen LogP contribution in [0.4, 0.5) is 5.82 Å². The fourth-order valence-electron chi connectivity index (χ4n) is 4.15. The minimum Gasteiger partial charge on any atom is -0.494 e. The fraction of sp³-hybridized carbons (Fsp3) is 0.207. The van der Waals surface area contributed by atoms with E-state index in [1.54, 1.807) is 0 Å². The van der Waals surface area contributed by atoms with Crippen LogP contribution in [0.2, 0.25) is 0 Å². The molecule has 3 aromatic carbocycles. The monoisotopic (exact) mass is 480 g/mol. The summed E-state index contributed by atoms with van der Waals surface area (Å²) in [4.78, 5) is 17.1. The average molecular weight is 481 g/mol. The number of amides is 1. The van der Waals surface area contributed by atoms with Crippen molar-refractivity contribution < 1.29 is 14.3 Å². The van der Waals surface area contributed by atoms with Gasteiger partial charge in [-0.15, -0.1) is 10.2 Å². The third-order valence-corrected chi connectivity index (χ3v) is 6.08. The molecule has 1 aromatic heterocycles. The molecule has 0 saturated carbocycles. The smallest absolute Gasteiger partial charge is 0.253 e. The molecule has 0 aliphatic carbocycles. The first-order valence-corrected chi connectivity index (χ1v) is 12.1. The van der Waals surface area contributed by atoms with Crippen LogP contribution in [-0.4, -0.2) is 53.8 Å². The molecule has 0 radical (unpaired) electrons. The van der Waals surface area contributed by atoms with Gasteiger partial charge in [-0.3, -0.25) is 4.79 Å². The Morgan fingerprint density at radius 1 is 0.750 bits per heavy atom. The van der Waals surface area contributed by atoms with Crippen molar-refractivity contribution in [3.05, 3.63) is 96.6 Å². The Bertz CT molecular complexity index is 1270. The van der Waals surface area contributed by atoms with Gasteiger partial charge in [0.2, 0.25) is 0 Å². The van der Waals surface area contributed by atoms with Crippen LogP contribution in [0.5, 0.6) is 17.2 Å². The van der Waals surface area contributed by atoms with E-state index in [1.165, 1.54) is 0 Å². The third kappa shape index (κ3) is 5.46. The SMILES string of the molecule is CCOc1ccc(-c2ccc(N3CCN(C(=O)c4ccc(Oc5ccccc5)cc4)CC3)nn2)cc1. The van der Waals surface area contributed by atoms with Crippen LogP contribution in [0.3, 0.4) is 0 Å². The van der Waals surface area contributed by atoms with Crippen LogP contribution in [-0.2, 0) is 0 Å². The molecular weight excluding hydrogens is 452 g/mol. The molecule has 2 heterocycles. The van der Waals surface area contributed by atoms with Gasteiger partial charge < -0.3 is 19.3 Å². The molecule has 0 N–H and O–H groups in total. The molecule has 182 valence electrons. The second kappa shape index (κ2) is 10.9. The summed E-state index contributed by atoms with van der Waals surface area (Å²) < 4.78 is 11.3. The second-order valence-electron chi connectivity index (χ2n) is 8.45. The van der Waals surface area contributed by atoms with Crippen molar-refractivity contribution in [2.45, 2.75) is 6.92 Å².